The minimum absolute atomic E-state index is 0.283. The minimum Gasteiger partial charge on any atom is -0.300 e. The number of alkyl halides is 1. The highest BCUT2D eigenvalue weighted by Gasteiger charge is 2.16. The largest absolute Gasteiger partial charge is 0.300 e. The van der Waals surface area contributed by atoms with Gasteiger partial charge in [0, 0.05) is 50.9 Å². The molecule has 1 heterocycles. The normalized spacial score (nSPS) is 20.7. The number of sulfone groups is 1. The average Bonchev–Trinajstić information content (AvgIpc) is 2.16. The molecule has 15 heavy (non-hydrogen) atoms. The third kappa shape index (κ3) is 5.85. The van der Waals surface area contributed by atoms with E-state index >= 15 is 0 Å². The van der Waals surface area contributed by atoms with E-state index < -0.39 is 9.84 Å². The van der Waals surface area contributed by atoms with Gasteiger partial charge in [0.2, 0.25) is 0 Å². The van der Waals surface area contributed by atoms with E-state index in [9.17, 15) is 8.42 Å². The summed E-state index contributed by atoms with van der Waals surface area (Å²) in [6, 6.07) is 0. The second-order valence-corrected chi connectivity index (χ2v) is 7.05. The van der Waals surface area contributed by atoms with Crippen molar-refractivity contribution in [2.75, 3.05) is 56.6 Å². The fourth-order valence-corrected chi connectivity index (χ4v) is 2.74. The first-order valence-corrected chi connectivity index (χ1v) is 8.38. The summed E-state index contributed by atoms with van der Waals surface area (Å²) in [6.07, 6.45) is 1.30. The molecule has 1 aliphatic rings. The highest BCUT2D eigenvalue weighted by atomic mass is 79.9. The molecule has 0 aromatic carbocycles. The number of piperazine rings is 1. The lowest BCUT2D eigenvalue weighted by atomic mass is 10.3. The van der Waals surface area contributed by atoms with Gasteiger partial charge in [-0.2, -0.15) is 0 Å². The number of rotatable bonds is 5. The first-order chi connectivity index (χ1) is 7.01. The van der Waals surface area contributed by atoms with Gasteiger partial charge < -0.3 is 0 Å². The highest BCUT2D eigenvalue weighted by molar-refractivity contribution is 9.09. The van der Waals surface area contributed by atoms with Crippen LogP contribution in [-0.2, 0) is 9.84 Å². The Kier molecular flexibility index (Phi) is 5.52. The van der Waals surface area contributed by atoms with E-state index in [0.29, 0.717) is 6.54 Å². The van der Waals surface area contributed by atoms with Gasteiger partial charge in [0.25, 0.3) is 0 Å². The average molecular weight is 299 g/mol. The molecule has 0 bridgehead atoms. The molecule has 1 aliphatic heterocycles. The van der Waals surface area contributed by atoms with E-state index in [1.165, 1.54) is 6.26 Å². The Bertz CT molecular complexity index is 274. The summed E-state index contributed by atoms with van der Waals surface area (Å²) >= 11 is 3.42. The van der Waals surface area contributed by atoms with Crippen LogP contribution in [0.2, 0.25) is 0 Å². The third-order valence-corrected chi connectivity index (χ3v) is 3.92. The summed E-state index contributed by atoms with van der Waals surface area (Å²) in [4.78, 5) is 4.62. The van der Waals surface area contributed by atoms with Crippen molar-refractivity contribution in [3.63, 3.8) is 0 Å². The molecule has 1 saturated heterocycles. The molecule has 0 aromatic rings. The van der Waals surface area contributed by atoms with E-state index in [0.717, 1.165) is 38.1 Å². The summed E-state index contributed by atoms with van der Waals surface area (Å²) in [5, 5.41) is 1.01. The Morgan fingerprint density at radius 1 is 1.07 bits per heavy atom. The predicted octanol–water partition coefficient (Wildman–Crippen LogP) is 0.0435. The third-order valence-electron chi connectivity index (χ3n) is 2.64. The maximum absolute atomic E-state index is 11.0. The van der Waals surface area contributed by atoms with Crippen molar-refractivity contribution in [3.05, 3.63) is 0 Å². The van der Waals surface area contributed by atoms with Crippen LogP contribution in [0.3, 0.4) is 0 Å². The SMILES string of the molecule is CS(=O)(=O)CCN1CCN(CCBr)CC1. The van der Waals surface area contributed by atoms with E-state index in [1.807, 2.05) is 0 Å². The quantitative estimate of drug-likeness (QED) is 0.672. The summed E-state index contributed by atoms with van der Waals surface area (Å²) in [5.41, 5.74) is 0. The molecular formula is C9H19BrN2O2S. The molecule has 0 spiro atoms. The van der Waals surface area contributed by atoms with Crippen molar-refractivity contribution in [1.82, 2.24) is 9.80 Å². The van der Waals surface area contributed by atoms with E-state index in [2.05, 4.69) is 25.7 Å². The molecule has 0 unspecified atom stereocenters. The Morgan fingerprint density at radius 2 is 1.53 bits per heavy atom. The van der Waals surface area contributed by atoms with Crippen molar-refractivity contribution in [2.45, 2.75) is 0 Å². The predicted molar refractivity (Wildman–Crippen MR) is 66.4 cm³/mol. The lowest BCUT2D eigenvalue weighted by Crippen LogP contribution is -2.47. The van der Waals surface area contributed by atoms with Crippen LogP contribution >= 0.6 is 15.9 Å². The maximum atomic E-state index is 11.0. The van der Waals surface area contributed by atoms with Crippen LogP contribution < -0.4 is 0 Å². The second-order valence-electron chi connectivity index (χ2n) is 4.00. The van der Waals surface area contributed by atoms with Gasteiger partial charge in [0.15, 0.2) is 0 Å². The zero-order valence-corrected chi connectivity index (χ0v) is 11.6. The number of hydrogen-bond acceptors (Lipinski definition) is 4. The maximum Gasteiger partial charge on any atom is 0.148 e. The van der Waals surface area contributed by atoms with Gasteiger partial charge in [-0.25, -0.2) is 8.42 Å². The molecule has 1 fully saturated rings. The molecule has 0 saturated carbocycles. The standard InChI is InChI=1S/C9H19BrN2O2S/c1-15(13,14)9-8-12-6-4-11(3-2-10)5-7-12/h2-9H2,1H3. The number of halogens is 1. The number of hydrogen-bond donors (Lipinski definition) is 0. The Labute approximate surface area is 101 Å². The van der Waals surface area contributed by atoms with Crippen molar-refractivity contribution >= 4 is 25.8 Å². The van der Waals surface area contributed by atoms with Crippen LogP contribution in [0, 0.1) is 0 Å². The lowest BCUT2D eigenvalue weighted by Gasteiger charge is -2.34. The summed E-state index contributed by atoms with van der Waals surface area (Å²) in [7, 11) is -2.81. The van der Waals surface area contributed by atoms with Crippen molar-refractivity contribution in [3.8, 4) is 0 Å². The topological polar surface area (TPSA) is 40.6 Å². The molecule has 0 radical (unpaired) electrons. The molecule has 90 valence electrons. The van der Waals surface area contributed by atoms with Gasteiger partial charge in [-0.15, -0.1) is 0 Å². The highest BCUT2D eigenvalue weighted by Crippen LogP contribution is 2.02. The minimum atomic E-state index is -2.81. The van der Waals surface area contributed by atoms with Crippen LogP contribution in [-0.4, -0.2) is 74.8 Å². The Hall–Kier alpha value is 0.350. The molecule has 4 nitrogen and oxygen atoms in total. The van der Waals surface area contributed by atoms with Crippen LogP contribution in [0.5, 0.6) is 0 Å². The first kappa shape index (κ1) is 13.4. The van der Waals surface area contributed by atoms with Gasteiger partial charge in [0.1, 0.15) is 9.84 Å². The zero-order chi connectivity index (χ0) is 11.3. The van der Waals surface area contributed by atoms with Crippen LogP contribution in [0.1, 0.15) is 0 Å². The van der Waals surface area contributed by atoms with Gasteiger partial charge in [-0.05, 0) is 0 Å². The van der Waals surface area contributed by atoms with Gasteiger partial charge in [-0.1, -0.05) is 15.9 Å². The molecule has 6 heteroatoms. The van der Waals surface area contributed by atoms with Crippen molar-refractivity contribution in [2.24, 2.45) is 0 Å². The van der Waals surface area contributed by atoms with Crippen LogP contribution in [0.4, 0.5) is 0 Å². The smallest absolute Gasteiger partial charge is 0.148 e. The molecule has 1 rings (SSSR count). The fourth-order valence-electron chi connectivity index (χ4n) is 1.65. The molecule has 0 N–H and O–H groups in total. The van der Waals surface area contributed by atoms with Gasteiger partial charge >= 0.3 is 0 Å². The van der Waals surface area contributed by atoms with Gasteiger partial charge in [0.05, 0.1) is 5.75 Å². The van der Waals surface area contributed by atoms with Crippen LogP contribution in [0.15, 0.2) is 0 Å². The van der Waals surface area contributed by atoms with Gasteiger partial charge in [-0.3, -0.25) is 9.80 Å². The lowest BCUT2D eigenvalue weighted by molar-refractivity contribution is 0.144. The summed E-state index contributed by atoms with van der Waals surface area (Å²) in [5.74, 6) is 0.283. The molecule has 0 amide bonds. The molecular weight excluding hydrogens is 280 g/mol. The van der Waals surface area contributed by atoms with Crippen molar-refractivity contribution in [1.29, 1.82) is 0 Å². The number of nitrogens with zero attached hydrogens (tertiary/aromatic N) is 2. The Morgan fingerprint density at radius 3 is 1.93 bits per heavy atom. The zero-order valence-electron chi connectivity index (χ0n) is 9.15. The second kappa shape index (κ2) is 6.18. The van der Waals surface area contributed by atoms with E-state index in [-0.39, 0.29) is 5.75 Å². The molecule has 0 atom stereocenters. The van der Waals surface area contributed by atoms with E-state index in [4.69, 9.17) is 0 Å². The summed E-state index contributed by atoms with van der Waals surface area (Å²) in [6.45, 7) is 5.84. The van der Waals surface area contributed by atoms with E-state index in [1.54, 1.807) is 0 Å². The Balaban J connectivity index is 2.20. The van der Waals surface area contributed by atoms with Crippen LogP contribution in [0.25, 0.3) is 0 Å². The van der Waals surface area contributed by atoms with Crippen molar-refractivity contribution < 1.29 is 8.42 Å². The first-order valence-electron chi connectivity index (χ1n) is 5.19. The summed E-state index contributed by atoms with van der Waals surface area (Å²) < 4.78 is 22.0. The monoisotopic (exact) mass is 298 g/mol. The fraction of sp³-hybridized carbons (Fsp3) is 1.00. The molecule has 0 aliphatic carbocycles. The molecule has 0 aromatic heterocycles.